The van der Waals surface area contributed by atoms with Crippen molar-refractivity contribution in [2.75, 3.05) is 4.90 Å². The molecule has 0 aliphatic carbocycles. The lowest BCUT2D eigenvalue weighted by Crippen LogP contribution is -2.13. The van der Waals surface area contributed by atoms with Crippen molar-refractivity contribution >= 4 is 82.5 Å². The molecule has 0 saturated carbocycles. The van der Waals surface area contributed by atoms with Crippen molar-refractivity contribution < 1.29 is 8.83 Å². The van der Waals surface area contributed by atoms with Gasteiger partial charge in [0.1, 0.15) is 16.7 Å². The summed E-state index contributed by atoms with van der Waals surface area (Å²) in [4.78, 5) is 2.42. The van der Waals surface area contributed by atoms with E-state index in [1.807, 2.05) is 18.2 Å². The Morgan fingerprint density at radius 2 is 1.02 bits per heavy atom. The van der Waals surface area contributed by atoms with Gasteiger partial charge in [0.05, 0.1) is 22.4 Å². The number of anilines is 3. The summed E-state index contributed by atoms with van der Waals surface area (Å²) in [6, 6.07) is 57.8. The van der Waals surface area contributed by atoms with Gasteiger partial charge in [-0.2, -0.15) is 0 Å². The van der Waals surface area contributed by atoms with Gasteiger partial charge in [0, 0.05) is 27.1 Å². The average molecular weight is 602 g/mol. The molecule has 0 aliphatic heterocycles. The first-order chi connectivity index (χ1) is 23.3. The smallest absolute Gasteiger partial charge is 0.160 e. The molecule has 0 bridgehead atoms. The summed E-state index contributed by atoms with van der Waals surface area (Å²) < 4.78 is 13.4. The number of rotatable bonds is 4. The van der Waals surface area contributed by atoms with E-state index in [4.69, 9.17) is 8.83 Å². The molecule has 0 N–H and O–H groups in total. The highest BCUT2D eigenvalue weighted by Gasteiger charge is 2.28. The van der Waals surface area contributed by atoms with Crippen LogP contribution < -0.4 is 4.90 Å². The normalized spacial score (nSPS) is 11.8. The largest absolute Gasteiger partial charge is 0.456 e. The molecule has 3 heteroatoms. The van der Waals surface area contributed by atoms with Crippen molar-refractivity contribution in [3.63, 3.8) is 0 Å². The van der Waals surface area contributed by atoms with Crippen LogP contribution in [0.15, 0.2) is 173 Å². The molecule has 220 valence electrons. The van der Waals surface area contributed by atoms with Crippen molar-refractivity contribution in [1.82, 2.24) is 0 Å². The van der Waals surface area contributed by atoms with Crippen LogP contribution in [0.2, 0.25) is 0 Å². The lowest BCUT2D eigenvalue weighted by Gasteiger charge is -2.30. The first-order valence-corrected chi connectivity index (χ1v) is 15.9. The SMILES string of the molecule is c1ccc(-c2ccc3c(oc4ccccc43)c2N(c2cc3ccccc3c3ccccc23)c2cccc3oc4ccccc4c23)cc1. The fourth-order valence-corrected chi connectivity index (χ4v) is 7.38. The quantitative estimate of drug-likeness (QED) is 0.188. The molecule has 0 aliphatic rings. The van der Waals surface area contributed by atoms with Crippen LogP contribution in [-0.2, 0) is 0 Å². The Labute approximate surface area is 270 Å². The van der Waals surface area contributed by atoms with Gasteiger partial charge in [-0.15, -0.1) is 0 Å². The number of furan rings is 2. The molecule has 8 aromatic carbocycles. The topological polar surface area (TPSA) is 29.5 Å². The fourth-order valence-electron chi connectivity index (χ4n) is 7.38. The summed E-state index contributed by atoms with van der Waals surface area (Å²) in [5.74, 6) is 0. The van der Waals surface area contributed by atoms with E-state index in [9.17, 15) is 0 Å². The first-order valence-electron chi connectivity index (χ1n) is 15.9. The molecule has 0 amide bonds. The Morgan fingerprint density at radius 1 is 0.383 bits per heavy atom. The second-order valence-electron chi connectivity index (χ2n) is 12.0. The van der Waals surface area contributed by atoms with Gasteiger partial charge < -0.3 is 13.7 Å². The van der Waals surface area contributed by atoms with Gasteiger partial charge in [0.25, 0.3) is 0 Å². The van der Waals surface area contributed by atoms with Crippen LogP contribution >= 0.6 is 0 Å². The minimum Gasteiger partial charge on any atom is -0.456 e. The Bertz CT molecular complexity index is 2810. The van der Waals surface area contributed by atoms with E-state index in [-0.39, 0.29) is 0 Å². The van der Waals surface area contributed by atoms with Crippen LogP contribution in [0.3, 0.4) is 0 Å². The van der Waals surface area contributed by atoms with E-state index in [1.165, 1.54) is 16.2 Å². The highest BCUT2D eigenvalue weighted by molar-refractivity contribution is 6.21. The van der Waals surface area contributed by atoms with E-state index in [0.29, 0.717) is 0 Å². The Balaban J connectivity index is 1.44. The van der Waals surface area contributed by atoms with E-state index in [2.05, 4.69) is 150 Å². The molecule has 0 radical (unpaired) electrons. The number of fused-ring (bicyclic) bond motifs is 9. The maximum Gasteiger partial charge on any atom is 0.160 e. The predicted octanol–water partition coefficient (Wildman–Crippen LogP) is 12.9. The molecule has 0 saturated heterocycles. The zero-order chi connectivity index (χ0) is 30.9. The van der Waals surface area contributed by atoms with Crippen LogP contribution in [-0.4, -0.2) is 0 Å². The van der Waals surface area contributed by atoms with Gasteiger partial charge in [0.2, 0.25) is 0 Å². The summed E-state index contributed by atoms with van der Waals surface area (Å²) >= 11 is 0. The fraction of sp³-hybridized carbons (Fsp3) is 0. The third-order valence-corrected chi connectivity index (χ3v) is 9.44. The Kier molecular flexibility index (Phi) is 5.57. The van der Waals surface area contributed by atoms with Crippen LogP contribution in [0.1, 0.15) is 0 Å². The van der Waals surface area contributed by atoms with Gasteiger partial charge in [-0.05, 0) is 58.1 Å². The molecule has 2 aromatic heterocycles. The van der Waals surface area contributed by atoms with Crippen molar-refractivity contribution in [1.29, 1.82) is 0 Å². The monoisotopic (exact) mass is 601 g/mol. The van der Waals surface area contributed by atoms with E-state index in [0.717, 1.165) is 77.5 Å². The molecule has 10 rings (SSSR count). The molecule has 0 fully saturated rings. The molecule has 2 heterocycles. The third kappa shape index (κ3) is 3.87. The molecule has 0 spiro atoms. The minimum atomic E-state index is 0.842. The van der Waals surface area contributed by atoms with Gasteiger partial charge in [0.15, 0.2) is 5.58 Å². The zero-order valence-electron chi connectivity index (χ0n) is 25.4. The molecule has 0 unspecified atom stereocenters. The average Bonchev–Trinajstić information content (AvgIpc) is 3.71. The van der Waals surface area contributed by atoms with E-state index < -0.39 is 0 Å². The van der Waals surface area contributed by atoms with E-state index >= 15 is 0 Å². The Hall–Kier alpha value is -6.32. The van der Waals surface area contributed by atoms with E-state index in [1.54, 1.807) is 0 Å². The zero-order valence-corrected chi connectivity index (χ0v) is 25.4. The third-order valence-electron chi connectivity index (χ3n) is 9.44. The molecule has 10 aromatic rings. The maximum atomic E-state index is 6.89. The van der Waals surface area contributed by atoms with Crippen molar-refractivity contribution in [2.45, 2.75) is 0 Å². The summed E-state index contributed by atoms with van der Waals surface area (Å²) in [7, 11) is 0. The van der Waals surface area contributed by atoms with Crippen LogP contribution in [0, 0.1) is 0 Å². The van der Waals surface area contributed by atoms with Gasteiger partial charge >= 0.3 is 0 Å². The minimum absolute atomic E-state index is 0.842. The molecule has 0 atom stereocenters. The first kappa shape index (κ1) is 26.0. The highest BCUT2D eigenvalue weighted by atomic mass is 16.3. The van der Waals surface area contributed by atoms with Crippen molar-refractivity contribution in [2.24, 2.45) is 0 Å². The molecule has 3 nitrogen and oxygen atoms in total. The van der Waals surface area contributed by atoms with Gasteiger partial charge in [-0.1, -0.05) is 127 Å². The number of para-hydroxylation sites is 2. The van der Waals surface area contributed by atoms with Crippen molar-refractivity contribution in [3.05, 3.63) is 164 Å². The summed E-state index contributed by atoms with van der Waals surface area (Å²) in [5, 5.41) is 9.07. The lowest BCUT2D eigenvalue weighted by molar-refractivity contribution is 0.668. The highest BCUT2D eigenvalue weighted by Crippen LogP contribution is 2.52. The summed E-state index contributed by atoms with van der Waals surface area (Å²) in [6.45, 7) is 0. The maximum absolute atomic E-state index is 6.89. The predicted molar refractivity (Wildman–Crippen MR) is 196 cm³/mol. The van der Waals surface area contributed by atoms with Crippen LogP contribution in [0.5, 0.6) is 0 Å². The second-order valence-corrected chi connectivity index (χ2v) is 12.0. The second kappa shape index (κ2) is 10.1. The number of benzene rings is 8. The van der Waals surface area contributed by atoms with Gasteiger partial charge in [-0.25, -0.2) is 0 Å². The summed E-state index contributed by atoms with van der Waals surface area (Å²) in [6.07, 6.45) is 0. The molecular weight excluding hydrogens is 574 g/mol. The standard InChI is InChI=1S/C44H27NO2/c1-2-13-28(14-3-1)31-25-26-35-34-19-8-10-22-39(34)47-44(35)43(31)45(37-21-12-24-41-42(37)36-20-9-11-23-40(36)46-41)38-27-29-15-4-5-16-30(29)32-17-6-7-18-33(32)38/h1-27H. The number of hydrogen-bond acceptors (Lipinski definition) is 3. The van der Waals surface area contributed by atoms with Crippen LogP contribution in [0.4, 0.5) is 17.1 Å². The number of hydrogen-bond donors (Lipinski definition) is 0. The molecule has 47 heavy (non-hydrogen) atoms. The van der Waals surface area contributed by atoms with Crippen LogP contribution in [0.25, 0.3) is 76.5 Å². The Morgan fingerprint density at radius 3 is 1.85 bits per heavy atom. The molecular formula is C44H27NO2. The summed E-state index contributed by atoms with van der Waals surface area (Å²) in [5.41, 5.74) is 8.70. The van der Waals surface area contributed by atoms with Crippen molar-refractivity contribution in [3.8, 4) is 11.1 Å². The lowest BCUT2D eigenvalue weighted by atomic mass is 9.96. The van der Waals surface area contributed by atoms with Gasteiger partial charge in [-0.3, -0.25) is 0 Å². The number of nitrogens with zero attached hydrogens (tertiary/aromatic N) is 1.